The van der Waals surface area contributed by atoms with Crippen LogP contribution in [0.4, 0.5) is 13.2 Å². The monoisotopic (exact) mass is 404 g/mol. The lowest BCUT2D eigenvalue weighted by Crippen LogP contribution is -2.29. The van der Waals surface area contributed by atoms with Gasteiger partial charge in [-0.25, -0.2) is 4.98 Å². The molecule has 1 aliphatic rings. The number of fused-ring (bicyclic) bond motifs is 1. The molecule has 0 fully saturated rings. The van der Waals surface area contributed by atoms with E-state index in [4.69, 9.17) is 4.74 Å². The van der Waals surface area contributed by atoms with Crippen molar-refractivity contribution in [1.82, 2.24) is 10.3 Å². The Labute approximate surface area is 163 Å². The topological polar surface area (TPSA) is 51.2 Å². The predicted octanol–water partition coefficient (Wildman–Crippen LogP) is 5.00. The number of ether oxygens (including phenoxy) is 1. The molecule has 0 bridgehead atoms. The Bertz CT molecular complexity index is 1030. The molecule has 1 amide bonds. The van der Waals surface area contributed by atoms with Crippen molar-refractivity contribution in [2.24, 2.45) is 0 Å². The van der Waals surface area contributed by atoms with Crippen molar-refractivity contribution in [2.75, 3.05) is 6.61 Å². The Hall–Kier alpha value is -2.87. The first-order chi connectivity index (χ1) is 13.3. The van der Waals surface area contributed by atoms with Gasteiger partial charge in [-0.3, -0.25) is 4.79 Å². The molecule has 1 atom stereocenters. The summed E-state index contributed by atoms with van der Waals surface area (Å²) in [6, 6.07) is 12.0. The SMILES string of the molecule is Cc1nc(-c2ccc(C(F)(F)F)cc2)sc1C(=O)NC1COc2ccccc21. The summed E-state index contributed by atoms with van der Waals surface area (Å²) in [5.41, 5.74) is 1.27. The fraction of sp³-hybridized carbons (Fsp3) is 0.200. The smallest absolute Gasteiger partial charge is 0.416 e. The van der Waals surface area contributed by atoms with E-state index in [0.29, 0.717) is 27.7 Å². The van der Waals surface area contributed by atoms with Crippen molar-refractivity contribution in [2.45, 2.75) is 19.1 Å². The lowest BCUT2D eigenvalue weighted by atomic mass is 10.1. The average molecular weight is 404 g/mol. The predicted molar refractivity (Wildman–Crippen MR) is 99.4 cm³/mol. The molecule has 0 saturated heterocycles. The highest BCUT2D eigenvalue weighted by molar-refractivity contribution is 7.17. The summed E-state index contributed by atoms with van der Waals surface area (Å²) in [7, 11) is 0. The molecule has 1 aromatic heterocycles. The highest BCUT2D eigenvalue weighted by Crippen LogP contribution is 2.34. The van der Waals surface area contributed by atoms with Crippen LogP contribution >= 0.6 is 11.3 Å². The highest BCUT2D eigenvalue weighted by Gasteiger charge is 2.30. The number of nitrogens with one attached hydrogen (secondary N) is 1. The summed E-state index contributed by atoms with van der Waals surface area (Å²) in [6.45, 7) is 2.06. The van der Waals surface area contributed by atoms with Crippen molar-refractivity contribution >= 4 is 17.2 Å². The number of hydrogen-bond donors (Lipinski definition) is 1. The standard InChI is InChI=1S/C20H15F3N2O2S/c1-11-17(18(26)25-15-10-27-16-5-3-2-4-14(15)16)28-19(24-11)12-6-8-13(9-7-12)20(21,22)23/h2-9,15H,10H2,1H3,(H,25,26). The molecular weight excluding hydrogens is 389 g/mol. The van der Waals surface area contributed by atoms with E-state index in [2.05, 4.69) is 10.3 Å². The number of nitrogens with zero attached hydrogens (tertiary/aromatic N) is 1. The molecule has 2 heterocycles. The normalized spacial score (nSPS) is 15.8. The van der Waals surface area contributed by atoms with Crippen LogP contribution in [-0.4, -0.2) is 17.5 Å². The van der Waals surface area contributed by atoms with Crippen molar-refractivity contribution in [1.29, 1.82) is 0 Å². The van der Waals surface area contributed by atoms with E-state index in [1.54, 1.807) is 6.92 Å². The van der Waals surface area contributed by atoms with Gasteiger partial charge in [-0.2, -0.15) is 13.2 Å². The molecule has 1 N–H and O–H groups in total. The van der Waals surface area contributed by atoms with Gasteiger partial charge < -0.3 is 10.1 Å². The largest absolute Gasteiger partial charge is 0.491 e. The average Bonchev–Trinajstić information content (AvgIpc) is 3.25. The van der Waals surface area contributed by atoms with Gasteiger partial charge in [-0.1, -0.05) is 30.3 Å². The maximum Gasteiger partial charge on any atom is 0.416 e. The Morgan fingerprint density at radius 1 is 1.18 bits per heavy atom. The van der Waals surface area contributed by atoms with Crippen molar-refractivity contribution in [3.05, 3.63) is 70.2 Å². The second kappa shape index (κ2) is 6.94. The number of alkyl halides is 3. The molecule has 1 unspecified atom stereocenters. The van der Waals surface area contributed by atoms with E-state index in [1.165, 1.54) is 12.1 Å². The fourth-order valence-corrected chi connectivity index (χ4v) is 4.01. The molecule has 144 valence electrons. The summed E-state index contributed by atoms with van der Waals surface area (Å²) >= 11 is 1.15. The van der Waals surface area contributed by atoms with Crippen LogP contribution < -0.4 is 10.1 Å². The first-order valence-electron chi connectivity index (χ1n) is 8.50. The summed E-state index contributed by atoms with van der Waals surface area (Å²) < 4.78 is 43.7. The van der Waals surface area contributed by atoms with Gasteiger partial charge in [0.2, 0.25) is 0 Å². The molecule has 2 aromatic carbocycles. The van der Waals surface area contributed by atoms with E-state index >= 15 is 0 Å². The summed E-state index contributed by atoms with van der Waals surface area (Å²) in [5.74, 6) is 0.470. The van der Waals surface area contributed by atoms with E-state index in [9.17, 15) is 18.0 Å². The lowest BCUT2D eigenvalue weighted by Gasteiger charge is -2.10. The van der Waals surface area contributed by atoms with E-state index in [-0.39, 0.29) is 11.9 Å². The van der Waals surface area contributed by atoms with Crippen LogP contribution in [0.15, 0.2) is 48.5 Å². The summed E-state index contributed by atoms with van der Waals surface area (Å²) in [6.07, 6.45) is -4.39. The number of hydrogen-bond acceptors (Lipinski definition) is 4. The molecule has 0 spiro atoms. The minimum atomic E-state index is -4.39. The minimum absolute atomic E-state index is 0.250. The number of para-hydroxylation sites is 1. The molecular formula is C20H15F3N2O2S. The summed E-state index contributed by atoms with van der Waals surface area (Å²) in [5, 5.41) is 3.44. The quantitative estimate of drug-likeness (QED) is 0.668. The number of thiazole rings is 1. The van der Waals surface area contributed by atoms with Crippen molar-refractivity contribution < 1.29 is 22.7 Å². The fourth-order valence-electron chi connectivity index (χ4n) is 3.04. The van der Waals surface area contributed by atoms with Gasteiger partial charge in [0.05, 0.1) is 17.3 Å². The van der Waals surface area contributed by atoms with Gasteiger partial charge in [-0.05, 0) is 25.1 Å². The number of aromatic nitrogens is 1. The van der Waals surface area contributed by atoms with Gasteiger partial charge >= 0.3 is 6.18 Å². The van der Waals surface area contributed by atoms with Crippen molar-refractivity contribution in [3.8, 4) is 16.3 Å². The third-order valence-electron chi connectivity index (χ3n) is 4.47. The first-order valence-corrected chi connectivity index (χ1v) is 9.32. The van der Waals surface area contributed by atoms with Crippen LogP contribution in [0.3, 0.4) is 0 Å². The second-order valence-corrected chi connectivity index (χ2v) is 7.38. The maximum absolute atomic E-state index is 12.7. The molecule has 1 aliphatic heterocycles. The van der Waals surface area contributed by atoms with Crippen LogP contribution in [0, 0.1) is 6.92 Å². The third-order valence-corrected chi connectivity index (χ3v) is 5.67. The van der Waals surface area contributed by atoms with Crippen molar-refractivity contribution in [3.63, 3.8) is 0 Å². The minimum Gasteiger partial charge on any atom is -0.491 e. The Morgan fingerprint density at radius 2 is 1.89 bits per heavy atom. The molecule has 3 aromatic rings. The van der Waals surface area contributed by atoms with E-state index in [0.717, 1.165) is 34.8 Å². The number of carbonyl (C=O) groups excluding carboxylic acids is 1. The van der Waals surface area contributed by atoms with Gasteiger partial charge in [-0.15, -0.1) is 11.3 Å². The number of amides is 1. The lowest BCUT2D eigenvalue weighted by molar-refractivity contribution is -0.137. The highest BCUT2D eigenvalue weighted by atomic mass is 32.1. The second-order valence-electron chi connectivity index (χ2n) is 6.38. The number of rotatable bonds is 3. The Balaban J connectivity index is 1.54. The molecule has 28 heavy (non-hydrogen) atoms. The Kier molecular flexibility index (Phi) is 4.58. The zero-order valence-electron chi connectivity index (χ0n) is 14.7. The van der Waals surface area contributed by atoms with Gasteiger partial charge in [0.25, 0.3) is 5.91 Å². The van der Waals surface area contributed by atoms with Gasteiger partial charge in [0.15, 0.2) is 0 Å². The maximum atomic E-state index is 12.7. The van der Waals surface area contributed by atoms with Crippen LogP contribution in [-0.2, 0) is 6.18 Å². The summed E-state index contributed by atoms with van der Waals surface area (Å²) in [4.78, 5) is 17.5. The van der Waals surface area contributed by atoms with Crippen LogP contribution in [0.5, 0.6) is 5.75 Å². The molecule has 0 saturated carbocycles. The molecule has 0 aliphatic carbocycles. The first kappa shape index (κ1) is 18.5. The number of carbonyl (C=O) groups is 1. The van der Waals surface area contributed by atoms with Crippen LogP contribution in [0.2, 0.25) is 0 Å². The van der Waals surface area contributed by atoms with E-state index < -0.39 is 11.7 Å². The van der Waals surface area contributed by atoms with Crippen LogP contribution in [0.25, 0.3) is 10.6 Å². The van der Waals surface area contributed by atoms with E-state index in [1.807, 2.05) is 24.3 Å². The Morgan fingerprint density at radius 3 is 2.61 bits per heavy atom. The van der Waals surface area contributed by atoms with Gasteiger partial charge in [0, 0.05) is 11.1 Å². The number of benzene rings is 2. The molecule has 4 rings (SSSR count). The number of aryl methyl sites for hydroxylation is 1. The molecule has 8 heteroatoms. The van der Waals surface area contributed by atoms with Crippen LogP contribution in [0.1, 0.15) is 32.5 Å². The third kappa shape index (κ3) is 3.47. The zero-order valence-corrected chi connectivity index (χ0v) is 15.5. The number of halogens is 3. The molecule has 0 radical (unpaired) electrons. The molecule has 4 nitrogen and oxygen atoms in total. The van der Waals surface area contributed by atoms with Gasteiger partial charge in [0.1, 0.15) is 22.2 Å². The zero-order chi connectivity index (χ0) is 19.9.